The van der Waals surface area contributed by atoms with Crippen LogP contribution >= 0.6 is 0 Å². The Balaban J connectivity index is 2.12. The number of ether oxygens (including phenoxy) is 1. The lowest BCUT2D eigenvalue weighted by Gasteiger charge is -2.23. The fraction of sp³-hybridized carbons (Fsp3) is 0.429. The lowest BCUT2D eigenvalue weighted by Crippen LogP contribution is -2.53. The van der Waals surface area contributed by atoms with E-state index < -0.39 is 23.0 Å². The molecule has 1 aromatic rings. The SMILES string of the molecule is CC(C)(N)C(=O)OC(=O)C1(N)Cc2ccccc2C1. The van der Waals surface area contributed by atoms with Gasteiger partial charge >= 0.3 is 11.9 Å². The average molecular weight is 262 g/mol. The van der Waals surface area contributed by atoms with Crippen molar-refractivity contribution in [2.24, 2.45) is 11.5 Å². The third-order valence-electron chi connectivity index (χ3n) is 3.25. The first-order valence-corrected chi connectivity index (χ1v) is 6.14. The van der Waals surface area contributed by atoms with Crippen LogP contribution in [0.15, 0.2) is 24.3 Å². The standard InChI is InChI=1S/C14H18N2O3/c1-13(2,15)11(17)19-12(18)14(16)7-9-5-3-4-6-10(9)8-14/h3-6H,7-8,15-16H2,1-2H3. The van der Waals surface area contributed by atoms with Gasteiger partial charge in [-0.05, 0) is 25.0 Å². The van der Waals surface area contributed by atoms with Crippen LogP contribution in [0.25, 0.3) is 0 Å². The van der Waals surface area contributed by atoms with Crippen LogP contribution in [-0.4, -0.2) is 23.0 Å². The van der Waals surface area contributed by atoms with Gasteiger partial charge in [-0.15, -0.1) is 0 Å². The van der Waals surface area contributed by atoms with Gasteiger partial charge in [0.2, 0.25) is 0 Å². The summed E-state index contributed by atoms with van der Waals surface area (Å²) < 4.78 is 4.81. The molecule has 0 fully saturated rings. The molecule has 102 valence electrons. The number of esters is 2. The fourth-order valence-electron chi connectivity index (χ4n) is 2.11. The molecule has 19 heavy (non-hydrogen) atoms. The molecule has 0 saturated carbocycles. The number of carbonyl (C=O) groups is 2. The van der Waals surface area contributed by atoms with Crippen LogP contribution < -0.4 is 11.5 Å². The van der Waals surface area contributed by atoms with Crippen molar-refractivity contribution in [1.82, 2.24) is 0 Å². The Morgan fingerprint density at radius 3 is 2.11 bits per heavy atom. The van der Waals surface area contributed by atoms with E-state index in [1.165, 1.54) is 13.8 Å². The molecule has 5 nitrogen and oxygen atoms in total. The number of nitrogens with two attached hydrogens (primary N) is 2. The molecule has 0 amide bonds. The van der Waals surface area contributed by atoms with E-state index in [1.54, 1.807) is 0 Å². The van der Waals surface area contributed by atoms with Crippen molar-refractivity contribution in [3.8, 4) is 0 Å². The van der Waals surface area contributed by atoms with Crippen LogP contribution in [0.4, 0.5) is 0 Å². The maximum absolute atomic E-state index is 12.1. The molecule has 0 bridgehead atoms. The highest BCUT2D eigenvalue weighted by Gasteiger charge is 2.43. The summed E-state index contributed by atoms with van der Waals surface area (Å²) in [5, 5.41) is 0. The Bertz CT molecular complexity index is 507. The molecule has 0 aromatic heterocycles. The second-order valence-electron chi connectivity index (χ2n) is 5.68. The van der Waals surface area contributed by atoms with Gasteiger partial charge in [-0.2, -0.15) is 0 Å². The number of hydrogen-bond donors (Lipinski definition) is 2. The third kappa shape index (κ3) is 2.67. The molecule has 0 atom stereocenters. The molecule has 4 N–H and O–H groups in total. The minimum absolute atomic E-state index is 0.375. The van der Waals surface area contributed by atoms with Crippen LogP contribution in [0.2, 0.25) is 0 Å². The largest absolute Gasteiger partial charge is 0.390 e. The molecule has 2 rings (SSSR count). The van der Waals surface area contributed by atoms with Gasteiger partial charge in [-0.1, -0.05) is 24.3 Å². The fourth-order valence-corrected chi connectivity index (χ4v) is 2.11. The van der Waals surface area contributed by atoms with Crippen LogP contribution in [-0.2, 0) is 27.2 Å². The summed E-state index contributed by atoms with van der Waals surface area (Å²) in [6.45, 7) is 2.96. The molecular weight excluding hydrogens is 244 g/mol. The van der Waals surface area contributed by atoms with Gasteiger partial charge in [0.1, 0.15) is 11.1 Å². The smallest absolute Gasteiger partial charge is 0.334 e. The van der Waals surface area contributed by atoms with Crippen molar-refractivity contribution in [2.45, 2.75) is 37.8 Å². The molecule has 1 aromatic carbocycles. The lowest BCUT2D eigenvalue weighted by molar-refractivity contribution is -0.166. The van der Waals surface area contributed by atoms with E-state index in [9.17, 15) is 9.59 Å². The number of carbonyl (C=O) groups excluding carboxylic acids is 2. The van der Waals surface area contributed by atoms with E-state index in [0.29, 0.717) is 12.8 Å². The summed E-state index contributed by atoms with van der Waals surface area (Å²) in [5.41, 5.74) is 11.3. The summed E-state index contributed by atoms with van der Waals surface area (Å²) in [6.07, 6.45) is 0.751. The molecule has 0 radical (unpaired) electrons. The van der Waals surface area contributed by atoms with Gasteiger partial charge in [0.15, 0.2) is 0 Å². The highest BCUT2D eigenvalue weighted by molar-refractivity contribution is 5.95. The summed E-state index contributed by atoms with van der Waals surface area (Å²) >= 11 is 0. The number of hydrogen-bond acceptors (Lipinski definition) is 5. The zero-order valence-corrected chi connectivity index (χ0v) is 11.1. The molecule has 0 unspecified atom stereocenters. The average Bonchev–Trinajstić information content (AvgIpc) is 2.65. The van der Waals surface area contributed by atoms with Gasteiger partial charge in [0.25, 0.3) is 0 Å². The number of benzene rings is 1. The van der Waals surface area contributed by atoms with Gasteiger partial charge in [-0.3, -0.25) is 0 Å². The normalized spacial score (nSPS) is 16.8. The van der Waals surface area contributed by atoms with Crippen LogP contribution in [0.3, 0.4) is 0 Å². The zero-order chi connectivity index (χ0) is 14.3. The van der Waals surface area contributed by atoms with Crippen LogP contribution in [0.5, 0.6) is 0 Å². The molecule has 0 heterocycles. The van der Waals surface area contributed by atoms with Crippen LogP contribution in [0, 0.1) is 0 Å². The molecule has 5 heteroatoms. The first-order chi connectivity index (χ1) is 8.72. The summed E-state index contributed by atoms with van der Waals surface area (Å²) in [7, 11) is 0. The predicted molar refractivity (Wildman–Crippen MR) is 70.1 cm³/mol. The third-order valence-corrected chi connectivity index (χ3v) is 3.25. The van der Waals surface area contributed by atoms with Gasteiger partial charge in [0, 0.05) is 12.8 Å². The zero-order valence-electron chi connectivity index (χ0n) is 11.1. The van der Waals surface area contributed by atoms with E-state index in [2.05, 4.69) is 0 Å². The van der Waals surface area contributed by atoms with E-state index in [-0.39, 0.29) is 0 Å². The van der Waals surface area contributed by atoms with Crippen molar-refractivity contribution in [3.05, 3.63) is 35.4 Å². The molecule has 0 spiro atoms. The minimum atomic E-state index is -1.21. The van der Waals surface area contributed by atoms with E-state index in [4.69, 9.17) is 16.2 Å². The quantitative estimate of drug-likeness (QED) is 0.590. The Morgan fingerprint density at radius 2 is 1.68 bits per heavy atom. The monoisotopic (exact) mass is 262 g/mol. The highest BCUT2D eigenvalue weighted by atomic mass is 16.6. The topological polar surface area (TPSA) is 95.4 Å². The summed E-state index contributed by atoms with van der Waals surface area (Å²) in [6, 6.07) is 7.63. The van der Waals surface area contributed by atoms with Crippen LogP contribution in [0.1, 0.15) is 25.0 Å². The molecule has 0 saturated heterocycles. The van der Waals surface area contributed by atoms with E-state index in [1.807, 2.05) is 24.3 Å². The van der Waals surface area contributed by atoms with Crippen molar-refractivity contribution in [3.63, 3.8) is 0 Å². The first-order valence-electron chi connectivity index (χ1n) is 6.14. The lowest BCUT2D eigenvalue weighted by atomic mass is 9.97. The Labute approximate surface area is 111 Å². The molecular formula is C14H18N2O3. The summed E-state index contributed by atoms with van der Waals surface area (Å²) in [5.74, 6) is -1.48. The number of rotatable bonds is 2. The second kappa shape index (κ2) is 4.43. The maximum atomic E-state index is 12.1. The van der Waals surface area contributed by atoms with Crippen molar-refractivity contribution in [2.75, 3.05) is 0 Å². The van der Waals surface area contributed by atoms with Gasteiger partial charge in [0.05, 0.1) is 0 Å². The first kappa shape index (κ1) is 13.7. The van der Waals surface area contributed by atoms with E-state index in [0.717, 1.165) is 11.1 Å². The van der Waals surface area contributed by atoms with Crippen molar-refractivity contribution >= 4 is 11.9 Å². The molecule has 1 aliphatic rings. The Morgan fingerprint density at radius 1 is 1.21 bits per heavy atom. The second-order valence-corrected chi connectivity index (χ2v) is 5.68. The maximum Gasteiger partial charge on any atom is 0.334 e. The minimum Gasteiger partial charge on any atom is -0.390 e. The summed E-state index contributed by atoms with van der Waals surface area (Å²) in [4.78, 5) is 23.7. The van der Waals surface area contributed by atoms with Crippen molar-refractivity contribution < 1.29 is 14.3 Å². The molecule has 1 aliphatic carbocycles. The Kier molecular flexibility index (Phi) is 3.20. The number of fused-ring (bicyclic) bond motifs is 1. The van der Waals surface area contributed by atoms with Gasteiger partial charge in [-0.25, -0.2) is 9.59 Å². The van der Waals surface area contributed by atoms with E-state index >= 15 is 0 Å². The Hall–Kier alpha value is -1.72. The predicted octanol–water partition coefficient (Wildman–Crippen LogP) is 0.290. The highest BCUT2D eigenvalue weighted by Crippen LogP contribution is 2.29. The van der Waals surface area contributed by atoms with Crippen molar-refractivity contribution in [1.29, 1.82) is 0 Å². The molecule has 0 aliphatic heterocycles. The van der Waals surface area contributed by atoms with Gasteiger partial charge < -0.3 is 16.2 Å².